The van der Waals surface area contributed by atoms with Crippen molar-refractivity contribution in [1.29, 1.82) is 0 Å². The zero-order valence-electron chi connectivity index (χ0n) is 12.3. The largest absolute Gasteiger partial charge is 0.373 e. The van der Waals surface area contributed by atoms with Crippen molar-refractivity contribution in [3.05, 3.63) is 35.9 Å². The van der Waals surface area contributed by atoms with Crippen LogP contribution in [0.25, 0.3) is 10.9 Å². The summed E-state index contributed by atoms with van der Waals surface area (Å²) in [4.78, 5) is 7.14. The third-order valence-corrected chi connectivity index (χ3v) is 3.55. The van der Waals surface area contributed by atoms with Gasteiger partial charge in [0, 0.05) is 30.6 Å². The lowest BCUT2D eigenvalue weighted by Gasteiger charge is -2.25. The number of hydrogen-bond acceptors (Lipinski definition) is 3. The molecule has 3 nitrogen and oxygen atoms in total. The maximum atomic E-state index is 4.70. The lowest BCUT2D eigenvalue weighted by Crippen LogP contribution is -2.30. The predicted molar refractivity (Wildman–Crippen MR) is 82.5 cm³/mol. The van der Waals surface area contributed by atoms with Crippen molar-refractivity contribution in [2.24, 2.45) is 0 Å². The quantitative estimate of drug-likeness (QED) is 0.888. The number of benzene rings is 1. The van der Waals surface area contributed by atoms with Gasteiger partial charge in [-0.2, -0.15) is 0 Å². The van der Waals surface area contributed by atoms with E-state index in [9.17, 15) is 0 Å². The minimum absolute atomic E-state index is 0.543. The van der Waals surface area contributed by atoms with Gasteiger partial charge in [-0.05, 0) is 32.5 Å². The molecule has 0 radical (unpaired) electrons. The number of para-hydroxylation sites is 1. The number of anilines is 1. The van der Waals surface area contributed by atoms with Crippen LogP contribution < -0.4 is 5.32 Å². The molecule has 1 aromatic heterocycles. The van der Waals surface area contributed by atoms with Gasteiger partial charge in [0.1, 0.15) is 5.82 Å². The summed E-state index contributed by atoms with van der Waals surface area (Å²) in [6.07, 6.45) is 0. The molecule has 19 heavy (non-hydrogen) atoms. The van der Waals surface area contributed by atoms with Crippen molar-refractivity contribution in [3.8, 4) is 0 Å². The van der Waals surface area contributed by atoms with E-state index in [4.69, 9.17) is 4.98 Å². The Morgan fingerprint density at radius 2 is 2.00 bits per heavy atom. The predicted octanol–water partition coefficient (Wildman–Crippen LogP) is 3.51. The van der Waals surface area contributed by atoms with Crippen molar-refractivity contribution in [3.63, 3.8) is 0 Å². The molecular weight excluding hydrogens is 234 g/mol. The van der Waals surface area contributed by atoms with E-state index in [2.05, 4.69) is 55.3 Å². The molecule has 1 N–H and O–H groups in total. The van der Waals surface area contributed by atoms with E-state index in [0.29, 0.717) is 6.04 Å². The lowest BCUT2D eigenvalue weighted by molar-refractivity contribution is 0.225. The van der Waals surface area contributed by atoms with Gasteiger partial charge in [-0.1, -0.05) is 25.1 Å². The number of aromatic nitrogens is 1. The van der Waals surface area contributed by atoms with Crippen molar-refractivity contribution in [2.75, 3.05) is 18.9 Å². The van der Waals surface area contributed by atoms with Gasteiger partial charge in [-0.15, -0.1) is 0 Å². The van der Waals surface area contributed by atoms with Crippen LogP contribution in [0.1, 0.15) is 26.3 Å². The number of nitrogens with zero attached hydrogens (tertiary/aromatic N) is 2. The Morgan fingerprint density at radius 3 is 2.63 bits per heavy atom. The molecule has 0 spiro atoms. The highest BCUT2D eigenvalue weighted by molar-refractivity contribution is 5.81. The smallest absolute Gasteiger partial charge is 0.130 e. The Labute approximate surface area is 115 Å². The molecule has 0 saturated carbocycles. The van der Waals surface area contributed by atoms with Gasteiger partial charge in [0.25, 0.3) is 0 Å². The number of nitrogens with one attached hydrogen (secondary N) is 1. The van der Waals surface area contributed by atoms with Crippen LogP contribution in [0.4, 0.5) is 5.82 Å². The van der Waals surface area contributed by atoms with E-state index in [1.54, 1.807) is 0 Å². The molecule has 102 valence electrons. The minimum atomic E-state index is 0.543. The first-order valence-electron chi connectivity index (χ1n) is 6.96. The fourth-order valence-corrected chi connectivity index (χ4v) is 2.38. The maximum Gasteiger partial charge on any atom is 0.130 e. The van der Waals surface area contributed by atoms with E-state index < -0.39 is 0 Å². The summed E-state index contributed by atoms with van der Waals surface area (Å²) < 4.78 is 0. The summed E-state index contributed by atoms with van der Waals surface area (Å²) in [5.41, 5.74) is 2.31. The van der Waals surface area contributed by atoms with Crippen LogP contribution in [0.5, 0.6) is 0 Å². The molecule has 0 unspecified atom stereocenters. The molecular formula is C16H23N3. The van der Waals surface area contributed by atoms with Gasteiger partial charge in [0.2, 0.25) is 0 Å². The van der Waals surface area contributed by atoms with Crippen LogP contribution in [0.3, 0.4) is 0 Å². The highest BCUT2D eigenvalue weighted by atomic mass is 15.1. The summed E-state index contributed by atoms with van der Waals surface area (Å²) >= 11 is 0. The second-order valence-corrected chi connectivity index (χ2v) is 5.10. The van der Waals surface area contributed by atoms with Gasteiger partial charge in [0.15, 0.2) is 0 Å². The standard InChI is InChI=1S/C16H23N3/c1-5-19(12(2)3)11-14-10-13-8-6-7-9-15(13)18-16(14)17-4/h6-10,12H,5,11H2,1-4H3,(H,17,18). The van der Waals surface area contributed by atoms with Crippen molar-refractivity contribution in [1.82, 2.24) is 9.88 Å². The molecule has 2 aromatic rings. The van der Waals surface area contributed by atoms with E-state index >= 15 is 0 Å². The molecule has 2 rings (SSSR count). The number of hydrogen-bond donors (Lipinski definition) is 1. The summed E-state index contributed by atoms with van der Waals surface area (Å²) in [6, 6.07) is 11.1. The normalized spacial score (nSPS) is 11.5. The monoisotopic (exact) mass is 257 g/mol. The molecule has 0 saturated heterocycles. The van der Waals surface area contributed by atoms with E-state index in [1.165, 1.54) is 10.9 Å². The van der Waals surface area contributed by atoms with Crippen molar-refractivity contribution >= 4 is 16.7 Å². The fourth-order valence-electron chi connectivity index (χ4n) is 2.38. The second-order valence-electron chi connectivity index (χ2n) is 5.10. The zero-order chi connectivity index (χ0) is 13.8. The molecule has 1 heterocycles. The molecule has 1 aromatic carbocycles. The highest BCUT2D eigenvalue weighted by Crippen LogP contribution is 2.22. The van der Waals surface area contributed by atoms with Crippen LogP contribution in [0.15, 0.2) is 30.3 Å². The topological polar surface area (TPSA) is 28.2 Å². The number of rotatable bonds is 5. The first kappa shape index (κ1) is 13.8. The maximum absolute atomic E-state index is 4.70. The number of pyridine rings is 1. The minimum Gasteiger partial charge on any atom is -0.373 e. The van der Waals surface area contributed by atoms with Gasteiger partial charge in [-0.3, -0.25) is 4.90 Å². The van der Waals surface area contributed by atoms with Crippen LogP contribution in [-0.2, 0) is 6.54 Å². The van der Waals surface area contributed by atoms with Gasteiger partial charge in [0.05, 0.1) is 5.52 Å². The fraction of sp³-hybridized carbons (Fsp3) is 0.438. The van der Waals surface area contributed by atoms with E-state index in [0.717, 1.165) is 24.4 Å². The van der Waals surface area contributed by atoms with E-state index in [-0.39, 0.29) is 0 Å². The Morgan fingerprint density at radius 1 is 1.26 bits per heavy atom. The molecule has 0 aliphatic carbocycles. The van der Waals surface area contributed by atoms with Crippen molar-refractivity contribution in [2.45, 2.75) is 33.4 Å². The third-order valence-electron chi connectivity index (χ3n) is 3.55. The molecule has 0 fully saturated rings. The Kier molecular flexibility index (Phi) is 4.38. The lowest BCUT2D eigenvalue weighted by atomic mass is 10.1. The summed E-state index contributed by atoms with van der Waals surface area (Å²) in [5.74, 6) is 0.984. The number of fused-ring (bicyclic) bond motifs is 1. The average molecular weight is 257 g/mol. The van der Waals surface area contributed by atoms with Gasteiger partial charge < -0.3 is 5.32 Å². The molecule has 0 amide bonds. The Balaban J connectivity index is 2.40. The van der Waals surface area contributed by atoms with Gasteiger partial charge >= 0.3 is 0 Å². The summed E-state index contributed by atoms with van der Waals surface area (Å²) in [6.45, 7) is 8.65. The average Bonchev–Trinajstić information content (AvgIpc) is 2.43. The Hall–Kier alpha value is -1.61. The van der Waals surface area contributed by atoms with Crippen LogP contribution in [0.2, 0.25) is 0 Å². The summed E-state index contributed by atoms with van der Waals surface area (Å²) in [7, 11) is 1.94. The molecule has 0 atom stereocenters. The van der Waals surface area contributed by atoms with E-state index in [1.807, 2.05) is 13.1 Å². The third kappa shape index (κ3) is 3.04. The van der Waals surface area contributed by atoms with Crippen molar-refractivity contribution < 1.29 is 0 Å². The van der Waals surface area contributed by atoms with Gasteiger partial charge in [-0.25, -0.2) is 4.98 Å². The molecule has 3 heteroatoms. The summed E-state index contributed by atoms with van der Waals surface area (Å²) in [5, 5.41) is 4.42. The Bertz CT molecular complexity index is 549. The SMILES string of the molecule is CCN(Cc1cc2ccccc2nc1NC)C(C)C. The highest BCUT2D eigenvalue weighted by Gasteiger charge is 2.12. The first-order valence-corrected chi connectivity index (χ1v) is 6.96. The second kappa shape index (κ2) is 6.02. The van der Waals surface area contributed by atoms with Crippen LogP contribution >= 0.6 is 0 Å². The molecule has 0 bridgehead atoms. The molecule has 0 aliphatic heterocycles. The van der Waals surface area contributed by atoms with Crippen LogP contribution in [-0.4, -0.2) is 29.5 Å². The molecule has 0 aliphatic rings. The zero-order valence-corrected chi connectivity index (χ0v) is 12.3. The first-order chi connectivity index (χ1) is 9.15. The van der Waals surface area contributed by atoms with Crippen LogP contribution in [0, 0.1) is 0 Å².